The Bertz CT molecular complexity index is 1080. The lowest BCUT2D eigenvalue weighted by molar-refractivity contribution is 0.768. The fourth-order valence-corrected chi connectivity index (χ4v) is 3.51. The Morgan fingerprint density at radius 2 is 1.81 bits per heavy atom. The Kier molecular flexibility index (Phi) is 3.89. The predicted octanol–water partition coefficient (Wildman–Crippen LogP) is 5.18. The molecule has 2 aromatic heterocycles. The van der Waals surface area contributed by atoms with E-state index >= 15 is 0 Å². The lowest BCUT2D eigenvalue weighted by Gasteiger charge is -2.25. The van der Waals surface area contributed by atoms with Gasteiger partial charge in [-0.2, -0.15) is 5.10 Å². The van der Waals surface area contributed by atoms with E-state index in [4.69, 9.17) is 4.98 Å². The Labute approximate surface area is 159 Å². The number of benzene rings is 2. The lowest BCUT2D eigenvalue weighted by atomic mass is 10.1. The highest BCUT2D eigenvalue weighted by Crippen LogP contribution is 2.36. The molecule has 2 aromatic carbocycles. The number of anilines is 2. The number of hydrogen-bond donors (Lipinski definition) is 0. The highest BCUT2D eigenvalue weighted by molar-refractivity contribution is 5.85. The average molecular weight is 354 g/mol. The fraction of sp³-hybridized carbons (Fsp3) is 0.217. The van der Waals surface area contributed by atoms with Gasteiger partial charge in [-0.05, 0) is 49.1 Å². The molecule has 0 radical (unpaired) electrons. The minimum absolute atomic E-state index is 0.801. The summed E-state index contributed by atoms with van der Waals surface area (Å²) in [5.41, 5.74) is 5.47. The zero-order valence-electron chi connectivity index (χ0n) is 15.4. The third-order valence-corrected chi connectivity index (χ3v) is 5.19. The van der Waals surface area contributed by atoms with Crippen LogP contribution in [0.1, 0.15) is 12.8 Å². The normalized spacial score (nSPS) is 13.8. The summed E-state index contributed by atoms with van der Waals surface area (Å²) in [5, 5.41) is 5.42. The summed E-state index contributed by atoms with van der Waals surface area (Å²) in [6, 6.07) is 21.5. The second-order valence-corrected chi connectivity index (χ2v) is 7.37. The Morgan fingerprint density at radius 3 is 2.56 bits per heavy atom. The molecule has 1 aliphatic rings. The van der Waals surface area contributed by atoms with Crippen LogP contribution in [0.3, 0.4) is 0 Å². The molecule has 4 nitrogen and oxygen atoms in total. The van der Waals surface area contributed by atoms with Crippen molar-refractivity contribution in [1.82, 2.24) is 14.8 Å². The van der Waals surface area contributed by atoms with E-state index in [1.54, 1.807) is 0 Å². The van der Waals surface area contributed by atoms with Crippen molar-refractivity contribution in [3.05, 3.63) is 73.1 Å². The van der Waals surface area contributed by atoms with Crippen LogP contribution in [0.15, 0.2) is 73.1 Å². The third-order valence-electron chi connectivity index (χ3n) is 5.19. The van der Waals surface area contributed by atoms with Gasteiger partial charge in [-0.3, -0.25) is 4.68 Å². The summed E-state index contributed by atoms with van der Waals surface area (Å²) < 4.78 is 1.81. The van der Waals surface area contributed by atoms with Crippen LogP contribution in [0, 0.1) is 5.92 Å². The number of pyridine rings is 1. The molecule has 0 saturated heterocycles. The van der Waals surface area contributed by atoms with Gasteiger partial charge in [0, 0.05) is 42.1 Å². The zero-order chi connectivity index (χ0) is 18.2. The van der Waals surface area contributed by atoms with Gasteiger partial charge in [0.15, 0.2) is 0 Å². The molecule has 0 unspecified atom stereocenters. The smallest absolute Gasteiger partial charge is 0.0741 e. The van der Waals surface area contributed by atoms with Gasteiger partial charge in [0.2, 0.25) is 0 Å². The molecule has 4 heteroatoms. The van der Waals surface area contributed by atoms with Gasteiger partial charge in [-0.25, -0.2) is 4.98 Å². The first-order valence-electron chi connectivity index (χ1n) is 9.49. The van der Waals surface area contributed by atoms with Crippen LogP contribution >= 0.6 is 0 Å². The summed E-state index contributed by atoms with van der Waals surface area (Å²) in [5.74, 6) is 0.801. The van der Waals surface area contributed by atoms with Gasteiger partial charge in [-0.1, -0.05) is 30.3 Å². The largest absolute Gasteiger partial charge is 0.341 e. The standard InChI is InChI=1S/C23H22N4/c1-26-16-19(14-24-26)22-12-10-18-9-11-21(13-23(18)25-22)27(15-17-7-8-17)20-5-3-2-4-6-20/h2-6,9-14,16-17H,7-8,15H2,1H3. The van der Waals surface area contributed by atoms with Crippen LogP contribution in [0.25, 0.3) is 22.2 Å². The van der Waals surface area contributed by atoms with Crippen molar-refractivity contribution in [2.45, 2.75) is 12.8 Å². The molecule has 0 aliphatic heterocycles. The van der Waals surface area contributed by atoms with Crippen molar-refractivity contribution in [1.29, 1.82) is 0 Å². The number of hydrogen-bond acceptors (Lipinski definition) is 3. The van der Waals surface area contributed by atoms with E-state index in [9.17, 15) is 0 Å². The summed E-state index contributed by atoms with van der Waals surface area (Å²) in [6.07, 6.45) is 6.53. The molecule has 0 atom stereocenters. The van der Waals surface area contributed by atoms with Crippen molar-refractivity contribution in [2.75, 3.05) is 11.4 Å². The Morgan fingerprint density at radius 1 is 1.00 bits per heavy atom. The number of aryl methyl sites for hydroxylation is 1. The molecule has 1 aliphatic carbocycles. The Hall–Kier alpha value is -3.14. The van der Waals surface area contributed by atoms with Gasteiger partial charge >= 0.3 is 0 Å². The highest BCUT2D eigenvalue weighted by Gasteiger charge is 2.25. The molecule has 4 aromatic rings. The average Bonchev–Trinajstić information content (AvgIpc) is 3.44. The first kappa shape index (κ1) is 16.1. The molecule has 1 saturated carbocycles. The van der Waals surface area contributed by atoms with E-state index < -0.39 is 0 Å². The molecule has 1 fully saturated rings. The number of rotatable bonds is 5. The fourth-order valence-electron chi connectivity index (χ4n) is 3.51. The van der Waals surface area contributed by atoms with Crippen LogP contribution in [-0.4, -0.2) is 21.3 Å². The van der Waals surface area contributed by atoms with Crippen LogP contribution in [0.2, 0.25) is 0 Å². The van der Waals surface area contributed by atoms with E-state index in [2.05, 4.69) is 70.7 Å². The molecule has 2 heterocycles. The SMILES string of the molecule is Cn1cc(-c2ccc3ccc(N(CC4CC4)c4ccccc4)cc3n2)cn1. The maximum absolute atomic E-state index is 4.91. The number of nitrogens with zero attached hydrogens (tertiary/aromatic N) is 4. The second-order valence-electron chi connectivity index (χ2n) is 7.37. The summed E-state index contributed by atoms with van der Waals surface area (Å²) in [4.78, 5) is 7.34. The quantitative estimate of drug-likeness (QED) is 0.495. The van der Waals surface area contributed by atoms with Crippen LogP contribution in [0.4, 0.5) is 11.4 Å². The van der Waals surface area contributed by atoms with E-state index in [0.717, 1.165) is 34.6 Å². The first-order valence-corrected chi connectivity index (χ1v) is 9.49. The number of aromatic nitrogens is 3. The highest BCUT2D eigenvalue weighted by atomic mass is 15.2. The molecule has 0 amide bonds. The minimum Gasteiger partial charge on any atom is -0.341 e. The maximum Gasteiger partial charge on any atom is 0.0741 e. The summed E-state index contributed by atoms with van der Waals surface area (Å²) >= 11 is 0. The van der Waals surface area contributed by atoms with Gasteiger partial charge in [0.1, 0.15) is 0 Å². The molecular weight excluding hydrogens is 332 g/mol. The van der Waals surface area contributed by atoms with Gasteiger partial charge in [0.25, 0.3) is 0 Å². The van der Waals surface area contributed by atoms with Crippen molar-refractivity contribution >= 4 is 22.3 Å². The van der Waals surface area contributed by atoms with Crippen molar-refractivity contribution in [2.24, 2.45) is 13.0 Å². The van der Waals surface area contributed by atoms with Crippen molar-refractivity contribution in [3.8, 4) is 11.3 Å². The maximum atomic E-state index is 4.91. The molecule has 5 rings (SSSR count). The van der Waals surface area contributed by atoms with E-state index in [0.29, 0.717) is 0 Å². The summed E-state index contributed by atoms with van der Waals surface area (Å²) in [6.45, 7) is 1.07. The van der Waals surface area contributed by atoms with Crippen molar-refractivity contribution in [3.63, 3.8) is 0 Å². The monoisotopic (exact) mass is 354 g/mol. The first-order chi connectivity index (χ1) is 13.3. The van der Waals surface area contributed by atoms with E-state index in [-0.39, 0.29) is 0 Å². The molecule has 134 valence electrons. The van der Waals surface area contributed by atoms with Crippen molar-refractivity contribution < 1.29 is 0 Å². The number of para-hydroxylation sites is 1. The van der Waals surface area contributed by atoms with Gasteiger partial charge < -0.3 is 4.90 Å². The minimum atomic E-state index is 0.801. The number of fused-ring (bicyclic) bond motifs is 1. The van der Waals surface area contributed by atoms with Crippen LogP contribution in [0.5, 0.6) is 0 Å². The molecular formula is C23H22N4. The zero-order valence-corrected chi connectivity index (χ0v) is 15.4. The molecule has 27 heavy (non-hydrogen) atoms. The van der Waals surface area contributed by atoms with Gasteiger partial charge in [0.05, 0.1) is 17.4 Å². The third kappa shape index (κ3) is 3.31. The van der Waals surface area contributed by atoms with Gasteiger partial charge in [-0.15, -0.1) is 0 Å². The van der Waals surface area contributed by atoms with E-state index in [1.807, 2.05) is 24.1 Å². The molecule has 0 N–H and O–H groups in total. The van der Waals surface area contributed by atoms with Crippen LogP contribution < -0.4 is 4.90 Å². The lowest BCUT2D eigenvalue weighted by Crippen LogP contribution is -2.19. The predicted molar refractivity (Wildman–Crippen MR) is 110 cm³/mol. The Balaban J connectivity index is 1.57. The molecule has 0 bridgehead atoms. The van der Waals surface area contributed by atoms with Crippen LogP contribution in [-0.2, 0) is 7.05 Å². The topological polar surface area (TPSA) is 34.0 Å². The second kappa shape index (κ2) is 6.54. The van der Waals surface area contributed by atoms with E-state index in [1.165, 1.54) is 24.2 Å². The molecule has 0 spiro atoms. The summed E-state index contributed by atoms with van der Waals surface area (Å²) in [7, 11) is 1.93.